The van der Waals surface area contributed by atoms with Gasteiger partial charge in [-0.25, -0.2) is 4.98 Å². The van der Waals surface area contributed by atoms with E-state index in [0.717, 1.165) is 41.8 Å². The van der Waals surface area contributed by atoms with Crippen molar-refractivity contribution in [2.45, 2.75) is 19.2 Å². The Morgan fingerprint density at radius 2 is 1.97 bits per heavy atom. The molecule has 0 bridgehead atoms. The van der Waals surface area contributed by atoms with E-state index in [2.05, 4.69) is 14.9 Å². The van der Waals surface area contributed by atoms with Crippen LogP contribution in [-0.4, -0.2) is 53.8 Å². The number of benzene rings is 1. The van der Waals surface area contributed by atoms with E-state index in [1.54, 1.807) is 13.2 Å². The van der Waals surface area contributed by atoms with E-state index in [1.165, 1.54) is 12.3 Å². The summed E-state index contributed by atoms with van der Waals surface area (Å²) in [4.78, 5) is 39.1. The number of carbonyl (C=O) groups excluding carboxylic acids is 1. The maximum absolute atomic E-state index is 13.0. The third-order valence-corrected chi connectivity index (χ3v) is 5.75. The van der Waals surface area contributed by atoms with Crippen molar-refractivity contribution in [1.29, 1.82) is 0 Å². The molecule has 8 nitrogen and oxygen atoms in total. The van der Waals surface area contributed by atoms with Gasteiger partial charge in [-0.05, 0) is 24.6 Å². The minimum atomic E-state index is -3.67. The van der Waals surface area contributed by atoms with Crippen LogP contribution in [0.5, 0.6) is 0 Å². The van der Waals surface area contributed by atoms with Crippen LogP contribution in [0.2, 0.25) is 0 Å². The first-order valence-electron chi connectivity index (χ1n) is 10.7. The molecule has 1 saturated heterocycles. The molecule has 1 aliphatic heterocycles. The lowest BCUT2D eigenvalue weighted by Crippen LogP contribution is -2.24. The molecule has 1 aliphatic rings. The molecule has 3 N–H and O–H groups in total. The first-order valence-corrected chi connectivity index (χ1v) is 10.7. The number of nitrogens with two attached hydrogens (primary N) is 1. The fourth-order valence-corrected chi connectivity index (χ4v) is 4.19. The number of methoxy groups -OCH3 is 1. The Hall–Kier alpha value is -3.99. The standard InChI is InChI=1S/C23H21N5O3.CHF3/c1-31-14-7-9-28(12-14)23-15(10-13-4-2-3-5-16(13)27-23)18-11-19(29)20-17(26-18)6-8-25-21(20)22(24)30;2-1(3)4/h2-6,8,10-11,14H,7,9,12H2,1H3,(H2,24,30)(H,26,29);1H. The normalized spacial score (nSPS) is 15.5. The number of pyridine rings is 3. The van der Waals surface area contributed by atoms with Crippen LogP contribution in [0.4, 0.5) is 19.0 Å². The Bertz CT molecular complexity index is 1440. The average molecular weight is 485 g/mol. The number of nitrogens with zero attached hydrogens (tertiary/aromatic N) is 3. The Kier molecular flexibility index (Phi) is 6.97. The average Bonchev–Trinajstić information content (AvgIpc) is 3.31. The lowest BCUT2D eigenvalue weighted by atomic mass is 10.1. The molecule has 4 heterocycles. The van der Waals surface area contributed by atoms with E-state index in [4.69, 9.17) is 15.5 Å². The molecule has 1 fully saturated rings. The molecule has 5 rings (SSSR count). The van der Waals surface area contributed by atoms with E-state index >= 15 is 0 Å². The van der Waals surface area contributed by atoms with E-state index in [9.17, 15) is 22.8 Å². The molecule has 11 heteroatoms. The van der Waals surface area contributed by atoms with Gasteiger partial charge >= 0.3 is 6.68 Å². The molecule has 0 saturated carbocycles. The van der Waals surface area contributed by atoms with Gasteiger partial charge in [0.25, 0.3) is 5.91 Å². The summed E-state index contributed by atoms with van der Waals surface area (Å²) in [6.07, 6.45) is 2.51. The molecule has 3 aromatic heterocycles. The lowest BCUT2D eigenvalue weighted by molar-refractivity contribution is 0.00818. The molecule has 0 radical (unpaired) electrons. The van der Waals surface area contributed by atoms with E-state index in [1.807, 2.05) is 30.3 Å². The topological polar surface area (TPSA) is 114 Å². The minimum Gasteiger partial charge on any atom is -0.380 e. The highest BCUT2D eigenvalue weighted by Crippen LogP contribution is 2.34. The van der Waals surface area contributed by atoms with Crippen molar-refractivity contribution in [2.24, 2.45) is 5.73 Å². The van der Waals surface area contributed by atoms with Gasteiger partial charge < -0.3 is 20.4 Å². The van der Waals surface area contributed by atoms with E-state index in [-0.39, 0.29) is 22.6 Å². The summed E-state index contributed by atoms with van der Waals surface area (Å²) in [6, 6.07) is 13.1. The summed E-state index contributed by atoms with van der Waals surface area (Å²) in [5.74, 6) is 0.0528. The van der Waals surface area contributed by atoms with Crippen LogP contribution in [0.25, 0.3) is 33.1 Å². The van der Waals surface area contributed by atoms with Crippen molar-refractivity contribution in [3.05, 3.63) is 64.6 Å². The Labute approximate surface area is 197 Å². The van der Waals surface area contributed by atoms with Crippen molar-refractivity contribution < 1.29 is 22.7 Å². The largest absolute Gasteiger partial charge is 0.380 e. The number of hydrogen-bond acceptors (Lipinski definition) is 6. The van der Waals surface area contributed by atoms with Gasteiger partial charge in [0.1, 0.15) is 11.5 Å². The summed E-state index contributed by atoms with van der Waals surface area (Å²) in [5, 5.41) is 1.16. The van der Waals surface area contributed by atoms with Crippen molar-refractivity contribution in [3.8, 4) is 11.3 Å². The third kappa shape index (κ3) is 5.09. The number of amides is 1. The van der Waals surface area contributed by atoms with Gasteiger partial charge in [0, 0.05) is 43.4 Å². The number of nitrogens with one attached hydrogen (secondary N) is 1. The maximum atomic E-state index is 13.0. The molecule has 4 aromatic rings. The SMILES string of the molecule is COC1CCN(c2nc3ccccc3cc2-c2cc(=O)c3c(C(N)=O)nccc3[nH]2)C1.FC(F)F. The molecule has 1 amide bonds. The first kappa shape index (κ1) is 24.1. The number of primary amides is 1. The number of para-hydroxylation sites is 1. The number of carbonyl (C=O) groups is 1. The van der Waals surface area contributed by atoms with Gasteiger partial charge in [-0.15, -0.1) is 0 Å². The van der Waals surface area contributed by atoms with E-state index < -0.39 is 12.6 Å². The predicted molar refractivity (Wildman–Crippen MR) is 126 cm³/mol. The quantitative estimate of drug-likeness (QED) is 0.456. The molecular weight excluding hydrogens is 463 g/mol. The first-order chi connectivity index (χ1) is 16.8. The Balaban J connectivity index is 0.000000672. The zero-order chi connectivity index (χ0) is 25.1. The molecule has 1 atom stereocenters. The number of anilines is 1. The number of aromatic amines is 1. The van der Waals surface area contributed by atoms with Gasteiger partial charge in [0.2, 0.25) is 0 Å². The van der Waals surface area contributed by atoms with Crippen LogP contribution in [0.15, 0.2) is 53.5 Å². The number of halogens is 3. The van der Waals surface area contributed by atoms with Crippen LogP contribution in [-0.2, 0) is 4.74 Å². The van der Waals surface area contributed by atoms with Gasteiger partial charge in [-0.3, -0.25) is 14.6 Å². The molecule has 0 spiro atoms. The van der Waals surface area contributed by atoms with Crippen molar-refractivity contribution >= 4 is 33.5 Å². The Morgan fingerprint density at radius 3 is 2.66 bits per heavy atom. The second-order valence-corrected chi connectivity index (χ2v) is 7.89. The molecular formula is C24H22F3N5O3. The molecule has 35 heavy (non-hydrogen) atoms. The van der Waals surface area contributed by atoms with Gasteiger partial charge in [-0.1, -0.05) is 18.2 Å². The third-order valence-electron chi connectivity index (χ3n) is 5.75. The van der Waals surface area contributed by atoms with Crippen LogP contribution in [0.1, 0.15) is 16.9 Å². The highest BCUT2D eigenvalue weighted by Gasteiger charge is 2.26. The number of alkyl halides is 3. The number of rotatable bonds is 4. The fraction of sp³-hybridized carbons (Fsp3) is 0.250. The van der Waals surface area contributed by atoms with Crippen LogP contribution < -0.4 is 16.1 Å². The number of H-pyrrole nitrogens is 1. The second kappa shape index (κ2) is 10.1. The summed E-state index contributed by atoms with van der Waals surface area (Å²) >= 11 is 0. The van der Waals surface area contributed by atoms with Crippen LogP contribution in [0, 0.1) is 0 Å². The van der Waals surface area contributed by atoms with Crippen molar-refractivity contribution in [2.75, 3.05) is 25.1 Å². The van der Waals surface area contributed by atoms with Gasteiger partial charge in [0.05, 0.1) is 28.2 Å². The zero-order valence-electron chi connectivity index (χ0n) is 18.7. The molecule has 182 valence electrons. The summed E-state index contributed by atoms with van der Waals surface area (Å²) < 4.78 is 34.5. The van der Waals surface area contributed by atoms with Gasteiger partial charge in [-0.2, -0.15) is 13.2 Å². The molecule has 1 aromatic carbocycles. The van der Waals surface area contributed by atoms with Crippen molar-refractivity contribution in [1.82, 2.24) is 15.0 Å². The number of aromatic nitrogens is 3. The van der Waals surface area contributed by atoms with Gasteiger partial charge in [0.15, 0.2) is 5.43 Å². The second-order valence-electron chi connectivity index (χ2n) is 7.89. The number of fused-ring (bicyclic) bond motifs is 2. The monoisotopic (exact) mass is 485 g/mol. The molecule has 0 aliphatic carbocycles. The Morgan fingerprint density at radius 1 is 1.23 bits per heavy atom. The summed E-state index contributed by atoms with van der Waals surface area (Å²) in [5.41, 5.74) is 7.87. The number of ether oxygens (including phenoxy) is 1. The minimum absolute atomic E-state index is 0.0374. The highest BCUT2D eigenvalue weighted by molar-refractivity contribution is 6.04. The van der Waals surface area contributed by atoms with Crippen LogP contribution >= 0.6 is 0 Å². The summed E-state index contributed by atoms with van der Waals surface area (Å²) in [7, 11) is 1.72. The fourth-order valence-electron chi connectivity index (χ4n) is 4.19. The van der Waals surface area contributed by atoms with Crippen LogP contribution in [0.3, 0.4) is 0 Å². The smallest absolute Gasteiger partial charge is 0.379 e. The highest BCUT2D eigenvalue weighted by atomic mass is 19.4. The predicted octanol–water partition coefficient (Wildman–Crippen LogP) is 3.64. The summed E-state index contributed by atoms with van der Waals surface area (Å²) in [6.45, 7) is -2.13. The number of hydrogen-bond donors (Lipinski definition) is 2. The lowest BCUT2D eigenvalue weighted by Gasteiger charge is -2.21. The van der Waals surface area contributed by atoms with Crippen molar-refractivity contribution in [3.63, 3.8) is 0 Å². The zero-order valence-corrected chi connectivity index (χ0v) is 18.7. The maximum Gasteiger partial charge on any atom is 0.379 e. The van der Waals surface area contributed by atoms with E-state index in [0.29, 0.717) is 11.2 Å². The molecule has 1 unspecified atom stereocenters.